The van der Waals surface area contributed by atoms with Gasteiger partial charge in [-0.25, -0.2) is 0 Å². The van der Waals surface area contributed by atoms with Gasteiger partial charge in [-0.1, -0.05) is 31.5 Å². The lowest BCUT2D eigenvalue weighted by molar-refractivity contribution is -0.141. The maximum atomic E-state index is 12.2. The van der Waals surface area contributed by atoms with Crippen molar-refractivity contribution in [2.75, 3.05) is 6.54 Å². The predicted molar refractivity (Wildman–Crippen MR) is 80.2 cm³/mol. The molecule has 0 aliphatic rings. The quantitative estimate of drug-likeness (QED) is 0.859. The molecule has 4 nitrogen and oxygen atoms in total. The molecule has 5 heteroatoms. The highest BCUT2D eigenvalue weighted by molar-refractivity contribution is 7.17. The van der Waals surface area contributed by atoms with Crippen molar-refractivity contribution in [3.63, 3.8) is 0 Å². The minimum Gasteiger partial charge on any atom is -0.481 e. The van der Waals surface area contributed by atoms with Gasteiger partial charge >= 0.3 is 5.97 Å². The molecule has 1 heterocycles. The van der Waals surface area contributed by atoms with Crippen LogP contribution in [-0.2, 0) is 4.79 Å². The molecule has 2 rings (SSSR count). The van der Waals surface area contributed by atoms with Crippen LogP contribution in [0.4, 0.5) is 0 Å². The first-order chi connectivity index (χ1) is 9.63. The number of aliphatic carboxylic acids is 1. The van der Waals surface area contributed by atoms with Gasteiger partial charge in [0.15, 0.2) is 0 Å². The molecule has 106 valence electrons. The summed E-state index contributed by atoms with van der Waals surface area (Å²) in [6, 6.07) is 7.70. The maximum absolute atomic E-state index is 12.2. The molecule has 0 bridgehead atoms. The number of carbonyl (C=O) groups is 2. The fourth-order valence-electron chi connectivity index (χ4n) is 2.13. The molecule has 0 saturated carbocycles. The molecule has 0 radical (unpaired) electrons. The molecule has 0 aliphatic carbocycles. The highest BCUT2D eigenvalue weighted by Crippen LogP contribution is 2.25. The summed E-state index contributed by atoms with van der Waals surface area (Å²) in [6.07, 6.45) is 1.36. The van der Waals surface area contributed by atoms with E-state index < -0.39 is 11.9 Å². The molecule has 1 aromatic carbocycles. The van der Waals surface area contributed by atoms with Gasteiger partial charge in [0.1, 0.15) is 0 Å². The summed E-state index contributed by atoms with van der Waals surface area (Å²) in [5, 5.41) is 14.5. The Kier molecular flexibility index (Phi) is 4.74. The Morgan fingerprint density at radius 1 is 1.35 bits per heavy atom. The molecule has 1 amide bonds. The van der Waals surface area contributed by atoms with E-state index in [1.165, 1.54) is 11.3 Å². The van der Waals surface area contributed by atoms with Gasteiger partial charge in [-0.05, 0) is 12.5 Å². The number of carboxylic acids is 1. The Bertz CT molecular complexity index is 620. The SMILES string of the molecule is CCCC(CNC(=O)c1csc2ccccc12)C(=O)O. The lowest BCUT2D eigenvalue weighted by Gasteiger charge is -2.12. The van der Waals surface area contributed by atoms with Gasteiger partial charge in [-0.3, -0.25) is 9.59 Å². The summed E-state index contributed by atoms with van der Waals surface area (Å²) in [5.41, 5.74) is 0.617. The molecular formula is C15H17NO3S. The summed E-state index contributed by atoms with van der Waals surface area (Å²) in [5.74, 6) is -1.58. The summed E-state index contributed by atoms with van der Waals surface area (Å²) >= 11 is 1.52. The van der Waals surface area contributed by atoms with Crippen LogP contribution in [0.5, 0.6) is 0 Å². The summed E-state index contributed by atoms with van der Waals surface area (Å²) < 4.78 is 1.06. The molecule has 1 aromatic heterocycles. The number of carboxylic acid groups (broad SMARTS) is 1. The zero-order valence-electron chi connectivity index (χ0n) is 11.3. The second-order valence-corrected chi connectivity index (χ2v) is 5.59. The zero-order valence-corrected chi connectivity index (χ0v) is 12.1. The van der Waals surface area contributed by atoms with Crippen LogP contribution in [0.15, 0.2) is 29.6 Å². The molecule has 0 aliphatic heterocycles. The fourth-order valence-corrected chi connectivity index (χ4v) is 3.07. The van der Waals surface area contributed by atoms with Gasteiger partial charge in [0, 0.05) is 22.0 Å². The van der Waals surface area contributed by atoms with Crippen molar-refractivity contribution in [1.82, 2.24) is 5.32 Å². The molecule has 2 aromatic rings. The van der Waals surface area contributed by atoms with Crippen molar-refractivity contribution in [2.24, 2.45) is 5.92 Å². The third-order valence-corrected chi connectivity index (χ3v) is 4.18. The van der Waals surface area contributed by atoms with Crippen LogP contribution >= 0.6 is 11.3 Å². The number of hydrogen-bond donors (Lipinski definition) is 2. The minimum absolute atomic E-state index is 0.173. The zero-order chi connectivity index (χ0) is 14.5. The third kappa shape index (κ3) is 3.17. The van der Waals surface area contributed by atoms with Crippen LogP contribution in [0.3, 0.4) is 0 Å². The van der Waals surface area contributed by atoms with Crippen LogP contribution in [0.25, 0.3) is 10.1 Å². The Morgan fingerprint density at radius 3 is 2.80 bits per heavy atom. The van der Waals surface area contributed by atoms with Gasteiger partial charge in [-0.15, -0.1) is 11.3 Å². The Balaban J connectivity index is 2.06. The van der Waals surface area contributed by atoms with E-state index >= 15 is 0 Å². The largest absolute Gasteiger partial charge is 0.481 e. The minimum atomic E-state index is -0.859. The first-order valence-electron chi connectivity index (χ1n) is 6.60. The Hall–Kier alpha value is -1.88. The first-order valence-corrected chi connectivity index (χ1v) is 7.48. The first kappa shape index (κ1) is 14.5. The van der Waals surface area contributed by atoms with E-state index in [2.05, 4.69) is 5.32 Å². The number of rotatable bonds is 6. The lowest BCUT2D eigenvalue weighted by Crippen LogP contribution is -2.32. The average molecular weight is 291 g/mol. The summed E-state index contributed by atoms with van der Waals surface area (Å²) in [6.45, 7) is 2.11. The number of fused-ring (bicyclic) bond motifs is 1. The van der Waals surface area contributed by atoms with E-state index in [1.807, 2.05) is 36.6 Å². The van der Waals surface area contributed by atoms with Crippen LogP contribution in [-0.4, -0.2) is 23.5 Å². The molecule has 0 spiro atoms. The maximum Gasteiger partial charge on any atom is 0.308 e. The van der Waals surface area contributed by atoms with Crippen LogP contribution in [0.1, 0.15) is 30.1 Å². The fraction of sp³-hybridized carbons (Fsp3) is 0.333. The highest BCUT2D eigenvalue weighted by atomic mass is 32.1. The molecule has 0 fully saturated rings. The van der Waals surface area contributed by atoms with E-state index in [0.717, 1.165) is 16.5 Å². The van der Waals surface area contributed by atoms with Gasteiger partial charge in [-0.2, -0.15) is 0 Å². The van der Waals surface area contributed by atoms with Crippen LogP contribution in [0.2, 0.25) is 0 Å². The molecule has 2 N–H and O–H groups in total. The molecular weight excluding hydrogens is 274 g/mol. The summed E-state index contributed by atoms with van der Waals surface area (Å²) in [7, 11) is 0. The Labute approximate surface area is 121 Å². The molecule has 1 atom stereocenters. The van der Waals surface area contributed by atoms with E-state index in [-0.39, 0.29) is 12.5 Å². The lowest BCUT2D eigenvalue weighted by atomic mass is 10.0. The van der Waals surface area contributed by atoms with Gasteiger partial charge in [0.25, 0.3) is 5.91 Å². The van der Waals surface area contributed by atoms with Gasteiger partial charge in [0.05, 0.1) is 11.5 Å². The normalized spacial score (nSPS) is 12.2. The number of nitrogens with one attached hydrogen (secondary N) is 1. The van der Waals surface area contributed by atoms with Crippen molar-refractivity contribution in [3.05, 3.63) is 35.2 Å². The van der Waals surface area contributed by atoms with Crippen molar-refractivity contribution >= 4 is 33.3 Å². The predicted octanol–water partition coefficient (Wildman–Crippen LogP) is 3.13. The second-order valence-electron chi connectivity index (χ2n) is 4.68. The smallest absolute Gasteiger partial charge is 0.308 e. The number of carbonyl (C=O) groups excluding carboxylic acids is 1. The highest BCUT2D eigenvalue weighted by Gasteiger charge is 2.18. The molecule has 1 unspecified atom stereocenters. The number of amides is 1. The van der Waals surface area contributed by atoms with E-state index in [4.69, 9.17) is 5.11 Å². The topological polar surface area (TPSA) is 66.4 Å². The molecule has 0 saturated heterocycles. The number of hydrogen-bond acceptors (Lipinski definition) is 3. The van der Waals surface area contributed by atoms with Crippen molar-refractivity contribution in [1.29, 1.82) is 0 Å². The Morgan fingerprint density at radius 2 is 2.10 bits per heavy atom. The van der Waals surface area contributed by atoms with E-state index in [1.54, 1.807) is 0 Å². The molecule has 20 heavy (non-hydrogen) atoms. The van der Waals surface area contributed by atoms with Crippen molar-refractivity contribution < 1.29 is 14.7 Å². The number of benzene rings is 1. The average Bonchev–Trinajstić information content (AvgIpc) is 2.86. The van der Waals surface area contributed by atoms with Crippen molar-refractivity contribution in [2.45, 2.75) is 19.8 Å². The van der Waals surface area contributed by atoms with E-state index in [0.29, 0.717) is 12.0 Å². The monoisotopic (exact) mass is 291 g/mol. The van der Waals surface area contributed by atoms with E-state index in [9.17, 15) is 9.59 Å². The van der Waals surface area contributed by atoms with Crippen molar-refractivity contribution in [3.8, 4) is 0 Å². The van der Waals surface area contributed by atoms with Gasteiger partial charge in [0.2, 0.25) is 0 Å². The van der Waals surface area contributed by atoms with Gasteiger partial charge < -0.3 is 10.4 Å². The van der Waals surface area contributed by atoms with Crippen LogP contribution < -0.4 is 5.32 Å². The number of thiophene rings is 1. The second kappa shape index (κ2) is 6.52. The third-order valence-electron chi connectivity index (χ3n) is 3.22. The standard InChI is InChI=1S/C15H17NO3S/c1-2-5-10(15(18)19)8-16-14(17)12-9-20-13-7-4-3-6-11(12)13/h3-4,6-7,9-10H,2,5,8H2,1H3,(H,16,17)(H,18,19). The summed E-state index contributed by atoms with van der Waals surface area (Å²) in [4.78, 5) is 23.2. The van der Waals surface area contributed by atoms with Crippen LogP contribution in [0, 0.1) is 5.92 Å².